The zero-order valence-electron chi connectivity index (χ0n) is 18.4. The van der Waals surface area contributed by atoms with E-state index in [2.05, 4.69) is 32.3 Å². The number of benzene rings is 1. The van der Waals surface area contributed by atoms with Crippen LogP contribution in [-0.2, 0) is 6.54 Å². The lowest BCUT2D eigenvalue weighted by Crippen LogP contribution is -2.24. The first-order chi connectivity index (χ1) is 17.0. The Morgan fingerprint density at radius 2 is 2.14 bits per heavy atom. The third-order valence-corrected chi connectivity index (χ3v) is 6.97. The summed E-state index contributed by atoms with van der Waals surface area (Å²) in [5.41, 5.74) is 0.873. The molecule has 3 heterocycles. The molecule has 0 atom stereocenters. The van der Waals surface area contributed by atoms with Crippen molar-refractivity contribution in [1.29, 1.82) is 0 Å². The highest BCUT2D eigenvalue weighted by atomic mass is 35.5. The van der Waals surface area contributed by atoms with Crippen molar-refractivity contribution in [2.45, 2.75) is 19.4 Å². The lowest BCUT2D eigenvalue weighted by Gasteiger charge is -2.15. The van der Waals surface area contributed by atoms with Gasteiger partial charge in [0, 0.05) is 45.9 Å². The van der Waals surface area contributed by atoms with Gasteiger partial charge in [0.1, 0.15) is 10.8 Å². The van der Waals surface area contributed by atoms with Crippen molar-refractivity contribution < 1.29 is 9.53 Å². The van der Waals surface area contributed by atoms with Crippen LogP contribution in [0.1, 0.15) is 33.2 Å². The number of carbonyl (C=O) groups is 1. The molecule has 1 aliphatic rings. The molecule has 1 fully saturated rings. The molecule has 0 unspecified atom stereocenters. The molecule has 1 amide bonds. The first-order valence-electron chi connectivity index (χ1n) is 10.6. The summed E-state index contributed by atoms with van der Waals surface area (Å²) in [5, 5.41) is 14.7. The number of nitrogens with zero attached hydrogens (tertiary/aromatic N) is 4. The minimum absolute atomic E-state index is 0.159. The smallest absolute Gasteiger partial charge is 0.258 e. The summed E-state index contributed by atoms with van der Waals surface area (Å²) in [6.07, 6.45) is 5.52. The Balaban J connectivity index is 1.53. The maximum absolute atomic E-state index is 13.3. The van der Waals surface area contributed by atoms with E-state index in [1.165, 1.54) is 40.4 Å². The fourth-order valence-electron chi connectivity index (χ4n) is 3.35. The molecule has 1 aliphatic carbocycles. The molecule has 0 bridgehead atoms. The molecule has 3 aromatic heterocycles. The van der Waals surface area contributed by atoms with E-state index >= 15 is 0 Å². The number of halogens is 1. The number of hydrogen-bond acceptors (Lipinski definition) is 8. The monoisotopic (exact) mass is 523 g/mol. The SMILES string of the molecule is COc1ccc(Cl)cc1-c1cn(Cc2nccs2)c(=O)cc1C(=O)Nc1nnc(C#CC2CC2)s1. The van der Waals surface area contributed by atoms with Gasteiger partial charge in [0.05, 0.1) is 19.2 Å². The number of methoxy groups -OCH3 is 1. The summed E-state index contributed by atoms with van der Waals surface area (Å²) in [7, 11) is 1.53. The molecular formula is C24H18ClN5O3S2. The number of aromatic nitrogens is 4. The second kappa shape index (κ2) is 10.00. The fourth-order valence-corrected chi connectivity index (χ4v) is 4.73. The normalized spacial score (nSPS) is 12.6. The van der Waals surface area contributed by atoms with Gasteiger partial charge in [0.2, 0.25) is 5.13 Å². The largest absolute Gasteiger partial charge is 0.496 e. The predicted octanol–water partition coefficient (Wildman–Crippen LogP) is 4.55. The van der Waals surface area contributed by atoms with E-state index in [9.17, 15) is 9.59 Å². The highest BCUT2D eigenvalue weighted by molar-refractivity contribution is 7.15. The molecule has 1 N–H and O–H groups in total. The molecule has 8 nitrogen and oxygen atoms in total. The van der Waals surface area contributed by atoms with Crippen LogP contribution in [0.15, 0.2) is 46.8 Å². The quantitative estimate of drug-likeness (QED) is 0.372. The van der Waals surface area contributed by atoms with Crippen molar-refractivity contribution in [3.63, 3.8) is 0 Å². The lowest BCUT2D eigenvalue weighted by atomic mass is 10.00. The minimum atomic E-state index is -0.502. The van der Waals surface area contributed by atoms with Crippen molar-refractivity contribution in [3.05, 3.63) is 73.0 Å². The Bertz CT molecular complexity index is 1510. The average Bonchev–Trinajstić information content (AvgIpc) is 3.33. The second-order valence-corrected chi connectivity index (χ2v) is 10.1. The number of nitrogens with one attached hydrogen (secondary N) is 1. The molecule has 176 valence electrons. The number of hydrogen-bond donors (Lipinski definition) is 1. The zero-order chi connectivity index (χ0) is 24.4. The summed E-state index contributed by atoms with van der Waals surface area (Å²) in [4.78, 5) is 30.5. The van der Waals surface area contributed by atoms with Crippen molar-refractivity contribution in [1.82, 2.24) is 19.7 Å². The molecule has 1 saturated carbocycles. The number of pyridine rings is 1. The molecule has 35 heavy (non-hydrogen) atoms. The van der Waals surface area contributed by atoms with Gasteiger partial charge in [-0.05, 0) is 37.0 Å². The van der Waals surface area contributed by atoms with Crippen LogP contribution < -0.4 is 15.6 Å². The molecular weight excluding hydrogens is 506 g/mol. The number of thiazole rings is 1. The molecule has 4 aromatic rings. The Labute approximate surface area is 213 Å². The van der Waals surface area contributed by atoms with Crippen LogP contribution in [-0.4, -0.2) is 32.8 Å². The lowest BCUT2D eigenvalue weighted by molar-refractivity contribution is 0.102. The molecule has 0 spiro atoms. The van der Waals surface area contributed by atoms with E-state index in [-0.39, 0.29) is 17.7 Å². The fraction of sp³-hybridized carbons (Fsp3) is 0.208. The van der Waals surface area contributed by atoms with Gasteiger partial charge in [-0.3, -0.25) is 14.9 Å². The van der Waals surface area contributed by atoms with Crippen LogP contribution in [0.4, 0.5) is 5.13 Å². The summed E-state index contributed by atoms with van der Waals surface area (Å²) >= 11 is 8.89. The molecule has 0 aliphatic heterocycles. The van der Waals surface area contributed by atoms with Crippen LogP contribution in [0.25, 0.3) is 11.1 Å². The predicted molar refractivity (Wildman–Crippen MR) is 136 cm³/mol. The first kappa shape index (κ1) is 23.2. The Morgan fingerprint density at radius 1 is 1.29 bits per heavy atom. The van der Waals surface area contributed by atoms with Crippen molar-refractivity contribution in [3.8, 4) is 28.7 Å². The Kier molecular flexibility index (Phi) is 6.63. The standard InChI is InChI=1S/C24H18ClN5O3S2/c1-33-19-6-5-15(25)10-16(19)18-12-30(13-21-26-8-9-34-21)22(31)11-17(18)23(32)27-24-29-28-20(35-24)7-4-14-2-3-14/h5-6,8-12,14H,2-3,13H2,1H3,(H,27,29,32). The molecule has 5 rings (SSSR count). The summed E-state index contributed by atoms with van der Waals surface area (Å²) < 4.78 is 7.02. The molecule has 11 heteroatoms. The van der Waals surface area contributed by atoms with Gasteiger partial charge < -0.3 is 9.30 Å². The van der Waals surface area contributed by atoms with Gasteiger partial charge >= 0.3 is 0 Å². The maximum Gasteiger partial charge on any atom is 0.258 e. The molecule has 0 saturated heterocycles. The van der Waals surface area contributed by atoms with E-state index < -0.39 is 5.91 Å². The van der Waals surface area contributed by atoms with Gasteiger partial charge in [0.25, 0.3) is 11.5 Å². The average molecular weight is 524 g/mol. The zero-order valence-corrected chi connectivity index (χ0v) is 20.8. The van der Waals surface area contributed by atoms with Gasteiger partial charge in [-0.2, -0.15) is 0 Å². The Morgan fingerprint density at radius 3 is 2.89 bits per heavy atom. The van der Waals surface area contributed by atoms with Crippen LogP contribution in [0.2, 0.25) is 5.02 Å². The van der Waals surface area contributed by atoms with Crippen LogP contribution in [0.5, 0.6) is 5.75 Å². The summed E-state index contributed by atoms with van der Waals surface area (Å²) in [6, 6.07) is 6.40. The molecule has 0 radical (unpaired) electrons. The second-order valence-electron chi connectivity index (χ2n) is 7.75. The Hall–Kier alpha value is -3.52. The van der Waals surface area contributed by atoms with E-state index in [0.717, 1.165) is 17.8 Å². The minimum Gasteiger partial charge on any atom is -0.496 e. The van der Waals surface area contributed by atoms with Crippen LogP contribution in [0.3, 0.4) is 0 Å². The number of rotatable bonds is 6. The summed E-state index contributed by atoms with van der Waals surface area (Å²) in [6.45, 7) is 0.272. The number of amides is 1. The van der Waals surface area contributed by atoms with Crippen LogP contribution >= 0.6 is 34.3 Å². The van der Waals surface area contributed by atoms with E-state index in [0.29, 0.717) is 38.0 Å². The molecule has 1 aromatic carbocycles. The van der Waals surface area contributed by atoms with Crippen LogP contribution in [0, 0.1) is 17.8 Å². The first-order valence-corrected chi connectivity index (χ1v) is 12.7. The maximum atomic E-state index is 13.3. The van der Waals surface area contributed by atoms with Gasteiger partial charge in [-0.1, -0.05) is 28.9 Å². The third kappa shape index (κ3) is 5.43. The van der Waals surface area contributed by atoms with E-state index in [1.54, 1.807) is 30.6 Å². The highest BCUT2D eigenvalue weighted by Gasteiger charge is 2.21. The highest BCUT2D eigenvalue weighted by Crippen LogP contribution is 2.35. The van der Waals surface area contributed by atoms with Gasteiger partial charge in [-0.15, -0.1) is 21.5 Å². The van der Waals surface area contributed by atoms with Crippen molar-refractivity contribution in [2.75, 3.05) is 12.4 Å². The van der Waals surface area contributed by atoms with E-state index in [4.69, 9.17) is 16.3 Å². The van der Waals surface area contributed by atoms with Gasteiger partial charge in [-0.25, -0.2) is 4.98 Å². The third-order valence-electron chi connectivity index (χ3n) is 5.22. The number of anilines is 1. The van der Waals surface area contributed by atoms with Crippen molar-refractivity contribution in [2.24, 2.45) is 5.92 Å². The van der Waals surface area contributed by atoms with Crippen molar-refractivity contribution >= 4 is 45.3 Å². The number of ether oxygens (including phenoxy) is 1. The van der Waals surface area contributed by atoms with Gasteiger partial charge in [0.15, 0.2) is 5.01 Å². The summed E-state index contributed by atoms with van der Waals surface area (Å²) in [5.74, 6) is 6.55. The van der Waals surface area contributed by atoms with E-state index in [1.807, 2.05) is 5.38 Å². The number of carbonyl (C=O) groups excluding carboxylic acids is 1. The topological polar surface area (TPSA) is 99.0 Å².